The van der Waals surface area contributed by atoms with Crippen LogP contribution in [0.4, 0.5) is 0 Å². The fourth-order valence-electron chi connectivity index (χ4n) is 12.4. The van der Waals surface area contributed by atoms with Crippen molar-refractivity contribution in [2.75, 3.05) is 0 Å². The molecule has 0 radical (unpaired) electrons. The normalized spacial score (nSPS) is 52.5. The maximum Gasteiger partial charge on any atom is 0.333 e. The summed E-state index contributed by atoms with van der Waals surface area (Å²) < 4.78 is 6.55. The van der Waals surface area contributed by atoms with E-state index in [1.807, 2.05) is 0 Å². The molecule has 0 bridgehead atoms. The predicted molar refractivity (Wildman–Crippen MR) is 167 cm³/mol. The number of hydrogen-bond acceptors (Lipinski definition) is 3. The molecule has 0 heterocycles. The van der Waals surface area contributed by atoms with Crippen molar-refractivity contribution in [3.63, 3.8) is 0 Å². The second-order valence-electron chi connectivity index (χ2n) is 16.9. The van der Waals surface area contributed by atoms with Gasteiger partial charge in [-0.1, -0.05) is 75.3 Å². The molecule has 2 unspecified atom stereocenters. The third-order valence-corrected chi connectivity index (χ3v) is 16.1. The summed E-state index contributed by atoms with van der Waals surface area (Å²) in [5, 5.41) is 0.240. The second-order valence-corrected chi connectivity index (χ2v) is 17.5. The van der Waals surface area contributed by atoms with Gasteiger partial charge >= 0.3 is 5.97 Å². The van der Waals surface area contributed by atoms with Gasteiger partial charge in [0.1, 0.15) is 6.10 Å². The molecule has 0 aromatic heterocycles. The zero-order valence-corrected chi connectivity index (χ0v) is 27.8. The number of ether oxygens (including phenoxy) is 1. The maximum absolute atomic E-state index is 13.3. The Labute approximate surface area is 246 Å². The predicted octanol–water partition coefficient (Wildman–Crippen LogP) is 9.92. The minimum Gasteiger partial charge on any atom is -0.458 e. The SMILES string of the molecule is C=C(CCC)C(=O)OC1CC(S)C(C)(C)[C@@H]2CC[C@]3(C)[C@H](CC[C@@H]4[C@@H]5[C@@H](C)[C@H](C)CC[C@]5(C)CC[C@]43C)[C@@]12C. The number of esters is 1. The van der Waals surface area contributed by atoms with Gasteiger partial charge in [-0.05, 0) is 121 Å². The highest BCUT2D eigenvalue weighted by Gasteiger charge is 2.72. The Balaban J connectivity index is 1.54. The Morgan fingerprint density at radius 2 is 1.59 bits per heavy atom. The third kappa shape index (κ3) is 4.11. The van der Waals surface area contributed by atoms with E-state index in [1.165, 1.54) is 51.4 Å². The van der Waals surface area contributed by atoms with Crippen molar-refractivity contribution in [2.24, 2.45) is 62.6 Å². The van der Waals surface area contributed by atoms with Crippen molar-refractivity contribution in [2.45, 2.75) is 144 Å². The molecule has 0 N–H and O–H groups in total. The molecule has 222 valence electrons. The van der Waals surface area contributed by atoms with Crippen LogP contribution < -0.4 is 0 Å². The van der Waals surface area contributed by atoms with E-state index in [9.17, 15) is 4.79 Å². The zero-order valence-electron chi connectivity index (χ0n) is 26.9. The molecule has 5 saturated carbocycles. The molecule has 3 heteroatoms. The molecular weight excluding hydrogens is 496 g/mol. The van der Waals surface area contributed by atoms with Crippen LogP contribution in [0.15, 0.2) is 12.2 Å². The first-order valence-electron chi connectivity index (χ1n) is 16.6. The third-order valence-electron chi connectivity index (χ3n) is 15.2. The van der Waals surface area contributed by atoms with Gasteiger partial charge in [0.15, 0.2) is 0 Å². The Morgan fingerprint density at radius 3 is 2.26 bits per heavy atom. The number of rotatable bonds is 4. The maximum atomic E-state index is 13.3. The van der Waals surface area contributed by atoms with Crippen LogP contribution in [0.25, 0.3) is 0 Å². The quantitative estimate of drug-likeness (QED) is 0.212. The number of carbonyl (C=O) groups is 1. The molecule has 0 amide bonds. The average Bonchev–Trinajstić information content (AvgIpc) is 2.86. The molecule has 0 aromatic rings. The summed E-state index contributed by atoms with van der Waals surface area (Å²) >= 11 is 5.17. The van der Waals surface area contributed by atoms with Crippen molar-refractivity contribution in [1.29, 1.82) is 0 Å². The van der Waals surface area contributed by atoms with Crippen molar-refractivity contribution >= 4 is 18.6 Å². The van der Waals surface area contributed by atoms with E-state index in [4.69, 9.17) is 17.4 Å². The van der Waals surface area contributed by atoms with Crippen molar-refractivity contribution < 1.29 is 9.53 Å². The van der Waals surface area contributed by atoms with Crippen molar-refractivity contribution in [3.05, 3.63) is 12.2 Å². The molecule has 5 fully saturated rings. The summed E-state index contributed by atoms with van der Waals surface area (Å²) in [6.45, 7) is 26.9. The van der Waals surface area contributed by atoms with Gasteiger partial charge in [0.25, 0.3) is 0 Å². The van der Waals surface area contributed by atoms with E-state index in [0.717, 1.165) is 42.9 Å². The first-order valence-corrected chi connectivity index (χ1v) is 17.2. The summed E-state index contributed by atoms with van der Waals surface area (Å²) in [6, 6.07) is 0. The van der Waals surface area contributed by atoms with Gasteiger partial charge in [0, 0.05) is 16.2 Å². The molecule has 12 atom stereocenters. The van der Waals surface area contributed by atoms with Gasteiger partial charge in [0.05, 0.1) is 0 Å². The Morgan fingerprint density at radius 1 is 0.897 bits per heavy atom. The molecule has 2 nitrogen and oxygen atoms in total. The summed E-state index contributed by atoms with van der Waals surface area (Å²) in [4.78, 5) is 13.3. The van der Waals surface area contributed by atoms with Crippen LogP contribution in [0.5, 0.6) is 0 Å². The van der Waals surface area contributed by atoms with Gasteiger partial charge in [-0.2, -0.15) is 12.6 Å². The van der Waals surface area contributed by atoms with E-state index >= 15 is 0 Å². The lowest BCUT2D eigenvalue weighted by molar-refractivity contribution is -0.268. The van der Waals surface area contributed by atoms with E-state index < -0.39 is 0 Å². The molecule has 39 heavy (non-hydrogen) atoms. The lowest BCUT2D eigenvalue weighted by atomic mass is 9.31. The molecule has 0 spiro atoms. The lowest BCUT2D eigenvalue weighted by Gasteiger charge is -2.74. The van der Waals surface area contributed by atoms with E-state index in [2.05, 4.69) is 68.9 Å². The number of fused-ring (bicyclic) bond motifs is 7. The van der Waals surface area contributed by atoms with Crippen LogP contribution in [0.3, 0.4) is 0 Å². The molecule has 0 aromatic carbocycles. The van der Waals surface area contributed by atoms with Crippen molar-refractivity contribution in [3.8, 4) is 0 Å². The minimum atomic E-state index is -0.160. The van der Waals surface area contributed by atoms with Crippen LogP contribution >= 0.6 is 12.6 Å². The standard InChI is InChI=1S/C36H60O2S/c1-11-12-23(3)31(37)38-28-21-29(39)32(5,6)26-16-18-35(9)27(36(26,28)10)14-13-25-30-24(4)22(2)15-17-33(30,7)19-20-34(25,35)8/h22,24-30,39H,3,11-21H2,1-2,4-10H3/t22-,24+,25-,26+,27+,28?,29?,30+,33-,34-,35-,36+/m1/s1. The number of thiol groups is 1. The van der Waals surface area contributed by atoms with Gasteiger partial charge in [-0.3, -0.25) is 0 Å². The van der Waals surface area contributed by atoms with Crippen molar-refractivity contribution in [1.82, 2.24) is 0 Å². The van der Waals surface area contributed by atoms with Crippen LogP contribution in [0.2, 0.25) is 0 Å². The fraction of sp³-hybridized carbons (Fsp3) is 0.917. The smallest absolute Gasteiger partial charge is 0.333 e. The van der Waals surface area contributed by atoms with Gasteiger partial charge in [-0.15, -0.1) is 0 Å². The summed E-state index contributed by atoms with van der Waals surface area (Å²) in [7, 11) is 0. The lowest BCUT2D eigenvalue weighted by Crippen LogP contribution is -2.70. The summed E-state index contributed by atoms with van der Waals surface area (Å²) in [5.74, 6) is 4.25. The molecule has 5 aliphatic carbocycles. The van der Waals surface area contributed by atoms with Crippen LogP contribution in [0, 0.1) is 62.6 Å². The van der Waals surface area contributed by atoms with Crippen LogP contribution in [0.1, 0.15) is 133 Å². The highest BCUT2D eigenvalue weighted by molar-refractivity contribution is 7.81. The molecule has 0 aliphatic heterocycles. The minimum absolute atomic E-state index is 0.0297. The molecule has 5 aliphatic rings. The van der Waals surface area contributed by atoms with Gasteiger partial charge in [-0.25, -0.2) is 4.79 Å². The Kier molecular flexibility index (Phi) is 7.55. The fourth-order valence-corrected chi connectivity index (χ4v) is 12.7. The molecular formula is C36H60O2S. The second kappa shape index (κ2) is 9.80. The molecule has 0 saturated heterocycles. The Bertz CT molecular complexity index is 987. The number of hydrogen-bond donors (Lipinski definition) is 1. The van der Waals surface area contributed by atoms with Crippen LogP contribution in [-0.2, 0) is 9.53 Å². The monoisotopic (exact) mass is 556 g/mol. The number of carbonyl (C=O) groups excluding carboxylic acids is 1. The zero-order chi connectivity index (χ0) is 28.8. The van der Waals surface area contributed by atoms with Crippen LogP contribution in [-0.4, -0.2) is 17.3 Å². The van der Waals surface area contributed by atoms with E-state index in [0.29, 0.717) is 28.2 Å². The largest absolute Gasteiger partial charge is 0.458 e. The first kappa shape index (κ1) is 30.0. The first-order chi connectivity index (χ1) is 18.1. The highest BCUT2D eigenvalue weighted by Crippen LogP contribution is 2.77. The summed E-state index contributed by atoms with van der Waals surface area (Å²) in [6.07, 6.45) is 13.2. The topological polar surface area (TPSA) is 26.3 Å². The van der Waals surface area contributed by atoms with Gasteiger partial charge in [0.2, 0.25) is 0 Å². The summed E-state index contributed by atoms with van der Waals surface area (Å²) in [5.41, 5.74) is 1.87. The highest BCUT2D eigenvalue weighted by atomic mass is 32.1. The van der Waals surface area contributed by atoms with Gasteiger partial charge < -0.3 is 4.74 Å². The Hall–Kier alpha value is -0.440. The van der Waals surface area contributed by atoms with E-state index in [-0.39, 0.29) is 33.6 Å². The average molecular weight is 557 g/mol. The molecule has 5 rings (SSSR count). The van der Waals surface area contributed by atoms with E-state index in [1.54, 1.807) is 0 Å².